The van der Waals surface area contributed by atoms with E-state index >= 15 is 0 Å². The summed E-state index contributed by atoms with van der Waals surface area (Å²) >= 11 is 0. The SMILES string of the molecule is COCc1cc(C(=O)NCC2(C(=O)O)CCOCC2)no1. The first kappa shape index (κ1) is 15.5. The van der Waals surface area contributed by atoms with E-state index in [0.717, 1.165) is 0 Å². The molecule has 0 radical (unpaired) electrons. The van der Waals surface area contributed by atoms with Crippen molar-refractivity contribution in [2.45, 2.75) is 19.4 Å². The molecular weight excluding hydrogens is 280 g/mol. The molecule has 1 fully saturated rings. The van der Waals surface area contributed by atoms with E-state index in [1.54, 1.807) is 0 Å². The highest BCUT2D eigenvalue weighted by Crippen LogP contribution is 2.30. The highest BCUT2D eigenvalue weighted by molar-refractivity contribution is 5.92. The molecule has 0 bridgehead atoms. The Balaban J connectivity index is 1.96. The van der Waals surface area contributed by atoms with Crippen LogP contribution in [-0.4, -0.2) is 49.0 Å². The molecule has 2 rings (SSSR count). The fourth-order valence-corrected chi connectivity index (χ4v) is 2.20. The summed E-state index contributed by atoms with van der Waals surface area (Å²) in [4.78, 5) is 23.4. The zero-order valence-electron chi connectivity index (χ0n) is 11.8. The molecule has 116 valence electrons. The maximum atomic E-state index is 12.0. The predicted octanol–water partition coefficient (Wildman–Crippen LogP) is 0.432. The molecule has 0 aromatic carbocycles. The lowest BCUT2D eigenvalue weighted by Crippen LogP contribution is -2.46. The fourth-order valence-electron chi connectivity index (χ4n) is 2.20. The average Bonchev–Trinajstić information content (AvgIpc) is 2.95. The Morgan fingerprint density at radius 2 is 2.19 bits per heavy atom. The summed E-state index contributed by atoms with van der Waals surface area (Å²) in [5, 5.41) is 15.6. The second kappa shape index (κ2) is 6.68. The van der Waals surface area contributed by atoms with Crippen LogP contribution in [0.15, 0.2) is 10.6 Å². The summed E-state index contributed by atoms with van der Waals surface area (Å²) in [7, 11) is 1.50. The van der Waals surface area contributed by atoms with E-state index in [1.807, 2.05) is 0 Å². The standard InChI is InChI=1S/C13H18N2O6/c1-19-7-9-6-10(15-21-9)11(16)14-8-13(12(17)18)2-4-20-5-3-13/h6H,2-5,7-8H2,1H3,(H,14,16)(H,17,18). The van der Waals surface area contributed by atoms with Gasteiger partial charge < -0.3 is 24.4 Å². The lowest BCUT2D eigenvalue weighted by Gasteiger charge is -2.32. The Kier molecular flexibility index (Phi) is 4.92. The van der Waals surface area contributed by atoms with Gasteiger partial charge in [0.1, 0.15) is 6.61 Å². The van der Waals surface area contributed by atoms with Gasteiger partial charge >= 0.3 is 5.97 Å². The number of rotatable bonds is 6. The summed E-state index contributed by atoms with van der Waals surface area (Å²) in [6.07, 6.45) is 0.743. The van der Waals surface area contributed by atoms with Gasteiger partial charge in [0.2, 0.25) is 0 Å². The van der Waals surface area contributed by atoms with Crippen LogP contribution in [0.4, 0.5) is 0 Å². The van der Waals surface area contributed by atoms with E-state index in [0.29, 0.717) is 31.8 Å². The number of carbonyl (C=O) groups excluding carboxylic acids is 1. The third-order valence-electron chi connectivity index (χ3n) is 3.57. The molecule has 1 aromatic rings. The number of carbonyl (C=O) groups is 2. The summed E-state index contributed by atoms with van der Waals surface area (Å²) < 4.78 is 15.0. The molecule has 0 aliphatic carbocycles. The topological polar surface area (TPSA) is 111 Å². The van der Waals surface area contributed by atoms with Crippen molar-refractivity contribution in [1.29, 1.82) is 0 Å². The van der Waals surface area contributed by atoms with Crippen molar-refractivity contribution in [1.82, 2.24) is 10.5 Å². The minimum Gasteiger partial charge on any atom is -0.481 e. The number of carboxylic acid groups (broad SMARTS) is 1. The Bertz CT molecular complexity index is 507. The summed E-state index contributed by atoms with van der Waals surface area (Å²) in [5.41, 5.74) is -0.873. The van der Waals surface area contributed by atoms with E-state index in [9.17, 15) is 14.7 Å². The third kappa shape index (κ3) is 3.59. The molecule has 1 saturated heterocycles. The fraction of sp³-hybridized carbons (Fsp3) is 0.615. The predicted molar refractivity (Wildman–Crippen MR) is 69.7 cm³/mol. The van der Waals surface area contributed by atoms with Crippen molar-refractivity contribution in [3.8, 4) is 0 Å². The number of hydrogen-bond donors (Lipinski definition) is 2. The molecule has 2 heterocycles. The molecule has 1 aliphatic heterocycles. The van der Waals surface area contributed by atoms with Gasteiger partial charge in [-0.3, -0.25) is 9.59 Å². The van der Waals surface area contributed by atoms with Gasteiger partial charge in [0.25, 0.3) is 5.91 Å². The Labute approximate surface area is 121 Å². The van der Waals surface area contributed by atoms with Crippen molar-refractivity contribution in [3.05, 3.63) is 17.5 Å². The van der Waals surface area contributed by atoms with Crippen molar-refractivity contribution in [2.75, 3.05) is 26.9 Å². The van der Waals surface area contributed by atoms with E-state index in [-0.39, 0.29) is 18.8 Å². The van der Waals surface area contributed by atoms with Crippen LogP contribution in [0, 0.1) is 5.41 Å². The maximum Gasteiger partial charge on any atom is 0.311 e. The van der Waals surface area contributed by atoms with Gasteiger partial charge in [-0.1, -0.05) is 5.16 Å². The molecule has 2 N–H and O–H groups in total. The Morgan fingerprint density at radius 1 is 1.48 bits per heavy atom. The highest BCUT2D eigenvalue weighted by atomic mass is 16.5. The molecule has 1 amide bonds. The van der Waals surface area contributed by atoms with Gasteiger partial charge in [-0.25, -0.2) is 0 Å². The first-order chi connectivity index (χ1) is 10.1. The number of nitrogens with one attached hydrogen (secondary N) is 1. The van der Waals surface area contributed by atoms with Crippen molar-refractivity contribution in [2.24, 2.45) is 5.41 Å². The second-order valence-corrected chi connectivity index (χ2v) is 4.99. The molecule has 0 atom stereocenters. The monoisotopic (exact) mass is 298 g/mol. The zero-order chi connectivity index (χ0) is 15.3. The lowest BCUT2D eigenvalue weighted by molar-refractivity contribution is -0.154. The molecule has 0 spiro atoms. The van der Waals surface area contributed by atoms with E-state index in [2.05, 4.69) is 10.5 Å². The highest BCUT2D eigenvalue weighted by Gasteiger charge is 2.40. The summed E-state index contributed by atoms with van der Waals surface area (Å²) in [6, 6.07) is 1.47. The van der Waals surface area contributed by atoms with Crippen LogP contribution in [0.25, 0.3) is 0 Å². The van der Waals surface area contributed by atoms with Gasteiger partial charge in [-0.2, -0.15) is 0 Å². The van der Waals surface area contributed by atoms with Gasteiger partial charge in [-0.05, 0) is 12.8 Å². The van der Waals surface area contributed by atoms with Crippen molar-refractivity contribution >= 4 is 11.9 Å². The smallest absolute Gasteiger partial charge is 0.311 e. The van der Waals surface area contributed by atoms with Crippen LogP contribution < -0.4 is 5.32 Å². The summed E-state index contributed by atoms with van der Waals surface area (Å²) in [6.45, 7) is 1.02. The zero-order valence-corrected chi connectivity index (χ0v) is 11.8. The van der Waals surface area contributed by atoms with Gasteiger partial charge in [0.05, 0.1) is 5.41 Å². The number of hydrogen-bond acceptors (Lipinski definition) is 6. The third-order valence-corrected chi connectivity index (χ3v) is 3.57. The molecule has 8 nitrogen and oxygen atoms in total. The molecule has 0 saturated carbocycles. The van der Waals surface area contributed by atoms with E-state index in [4.69, 9.17) is 14.0 Å². The number of aromatic nitrogens is 1. The largest absolute Gasteiger partial charge is 0.481 e. The minimum atomic E-state index is -0.979. The molecule has 21 heavy (non-hydrogen) atoms. The number of methoxy groups -OCH3 is 1. The molecular formula is C13H18N2O6. The van der Waals surface area contributed by atoms with Crippen molar-refractivity contribution < 1.29 is 28.7 Å². The number of amides is 1. The van der Waals surface area contributed by atoms with Crippen LogP contribution in [-0.2, 0) is 20.9 Å². The minimum absolute atomic E-state index is 0.0387. The average molecular weight is 298 g/mol. The Morgan fingerprint density at radius 3 is 2.81 bits per heavy atom. The van der Waals surface area contributed by atoms with Gasteiger partial charge in [0.15, 0.2) is 11.5 Å². The van der Waals surface area contributed by atoms with Gasteiger partial charge in [-0.15, -0.1) is 0 Å². The lowest BCUT2D eigenvalue weighted by atomic mass is 9.80. The van der Waals surface area contributed by atoms with Crippen LogP contribution in [0.2, 0.25) is 0 Å². The maximum absolute atomic E-state index is 12.0. The van der Waals surface area contributed by atoms with Crippen LogP contribution in [0.5, 0.6) is 0 Å². The number of carboxylic acids is 1. The van der Waals surface area contributed by atoms with Crippen molar-refractivity contribution in [3.63, 3.8) is 0 Å². The normalized spacial score (nSPS) is 17.4. The molecule has 1 aliphatic rings. The summed E-state index contributed by atoms with van der Waals surface area (Å²) in [5.74, 6) is -0.957. The van der Waals surface area contributed by atoms with Crippen LogP contribution in [0.3, 0.4) is 0 Å². The molecule has 8 heteroatoms. The molecule has 1 aromatic heterocycles. The van der Waals surface area contributed by atoms with Crippen LogP contribution in [0.1, 0.15) is 29.1 Å². The molecule has 0 unspecified atom stereocenters. The number of nitrogens with zero attached hydrogens (tertiary/aromatic N) is 1. The van der Waals surface area contributed by atoms with Gasteiger partial charge in [0, 0.05) is 32.9 Å². The van der Waals surface area contributed by atoms with E-state index in [1.165, 1.54) is 13.2 Å². The first-order valence-electron chi connectivity index (χ1n) is 6.61. The first-order valence-corrected chi connectivity index (χ1v) is 6.61. The van der Waals surface area contributed by atoms with E-state index < -0.39 is 17.3 Å². The van der Waals surface area contributed by atoms with Crippen LogP contribution >= 0.6 is 0 Å². The second-order valence-electron chi connectivity index (χ2n) is 4.99. The number of aliphatic carboxylic acids is 1. The quantitative estimate of drug-likeness (QED) is 0.783. The number of ether oxygens (including phenoxy) is 2. The Hall–Kier alpha value is -1.93.